The molecule has 0 aliphatic rings. The van der Waals surface area contributed by atoms with Gasteiger partial charge in [0, 0.05) is 6.07 Å². The first-order valence-corrected chi connectivity index (χ1v) is 4.54. The number of phenolic OH excluding ortho intramolecular Hbond substituents is 1. The molecule has 0 bridgehead atoms. The number of nitro benzene ring substituents is 1. The molecule has 1 N–H and O–H groups in total. The lowest BCUT2D eigenvalue weighted by Crippen LogP contribution is -1.91. The van der Waals surface area contributed by atoms with E-state index in [-0.39, 0.29) is 8.95 Å². The SMILES string of the molecule is O=[N+]([O-])c1cc(Br)c(F)c(Br)c1O. The monoisotopic (exact) mass is 313 g/mol. The molecule has 0 aliphatic carbocycles. The molecule has 70 valence electrons. The minimum atomic E-state index is -0.801. The van der Waals surface area contributed by atoms with Crippen molar-refractivity contribution in [1.29, 1.82) is 0 Å². The molecule has 0 heterocycles. The molecule has 13 heavy (non-hydrogen) atoms. The van der Waals surface area contributed by atoms with Crippen LogP contribution < -0.4 is 0 Å². The number of aromatic hydroxyl groups is 1. The Morgan fingerprint density at radius 2 is 2.08 bits per heavy atom. The average Bonchev–Trinajstić information content (AvgIpc) is 2.07. The number of rotatable bonds is 1. The highest BCUT2D eigenvalue weighted by molar-refractivity contribution is 9.11. The van der Waals surface area contributed by atoms with Crippen molar-refractivity contribution >= 4 is 37.5 Å². The van der Waals surface area contributed by atoms with E-state index in [1.54, 1.807) is 0 Å². The summed E-state index contributed by atoms with van der Waals surface area (Å²) in [6.07, 6.45) is 0. The molecular formula is C6H2Br2FNO3. The average molecular weight is 315 g/mol. The first kappa shape index (κ1) is 10.4. The summed E-state index contributed by atoms with van der Waals surface area (Å²) in [5, 5.41) is 19.4. The number of benzene rings is 1. The van der Waals surface area contributed by atoms with Crippen molar-refractivity contribution in [2.45, 2.75) is 0 Å². The minimum Gasteiger partial charge on any atom is -0.501 e. The number of nitrogens with zero attached hydrogens (tertiary/aromatic N) is 1. The third-order valence-electron chi connectivity index (χ3n) is 1.31. The fourth-order valence-electron chi connectivity index (χ4n) is 0.712. The zero-order valence-electron chi connectivity index (χ0n) is 5.92. The number of nitro groups is 1. The van der Waals surface area contributed by atoms with Crippen molar-refractivity contribution < 1.29 is 14.4 Å². The van der Waals surface area contributed by atoms with Gasteiger partial charge in [0.25, 0.3) is 0 Å². The molecule has 1 aromatic carbocycles. The molecule has 0 fully saturated rings. The summed E-state index contributed by atoms with van der Waals surface area (Å²) in [7, 11) is 0. The first-order valence-electron chi connectivity index (χ1n) is 2.96. The highest BCUT2D eigenvalue weighted by Crippen LogP contribution is 2.39. The van der Waals surface area contributed by atoms with Crippen LogP contribution in [0, 0.1) is 15.9 Å². The van der Waals surface area contributed by atoms with Crippen molar-refractivity contribution in [2.75, 3.05) is 0 Å². The summed E-state index contributed by atoms with van der Waals surface area (Å²) in [6, 6.07) is 0.898. The van der Waals surface area contributed by atoms with Gasteiger partial charge in [-0.15, -0.1) is 0 Å². The fourth-order valence-corrected chi connectivity index (χ4v) is 1.81. The van der Waals surface area contributed by atoms with Crippen LogP contribution >= 0.6 is 31.9 Å². The number of hydrogen-bond acceptors (Lipinski definition) is 3. The fraction of sp³-hybridized carbons (Fsp3) is 0. The maximum absolute atomic E-state index is 13.0. The maximum atomic E-state index is 13.0. The highest BCUT2D eigenvalue weighted by atomic mass is 79.9. The van der Waals surface area contributed by atoms with Gasteiger partial charge in [-0.3, -0.25) is 10.1 Å². The van der Waals surface area contributed by atoms with Gasteiger partial charge in [-0.1, -0.05) is 0 Å². The van der Waals surface area contributed by atoms with Gasteiger partial charge in [-0.25, -0.2) is 4.39 Å². The molecule has 0 aromatic heterocycles. The van der Waals surface area contributed by atoms with Gasteiger partial charge >= 0.3 is 5.69 Å². The summed E-state index contributed by atoms with van der Waals surface area (Å²) < 4.78 is 12.6. The van der Waals surface area contributed by atoms with Crippen LogP contribution in [0.3, 0.4) is 0 Å². The van der Waals surface area contributed by atoms with E-state index in [9.17, 15) is 14.5 Å². The van der Waals surface area contributed by atoms with E-state index in [1.807, 2.05) is 0 Å². The summed E-state index contributed by atoms with van der Waals surface area (Å²) in [4.78, 5) is 9.52. The number of hydrogen-bond donors (Lipinski definition) is 1. The van der Waals surface area contributed by atoms with Gasteiger partial charge in [0.15, 0.2) is 5.82 Å². The summed E-state index contributed by atoms with van der Waals surface area (Å²) in [5.41, 5.74) is -0.555. The molecule has 0 saturated carbocycles. The normalized spacial score (nSPS) is 10.1. The molecule has 1 aromatic rings. The van der Waals surface area contributed by atoms with Gasteiger partial charge in [0.05, 0.1) is 9.40 Å². The molecule has 0 amide bonds. The van der Waals surface area contributed by atoms with Crippen LogP contribution in [-0.2, 0) is 0 Å². The van der Waals surface area contributed by atoms with Crippen molar-refractivity contribution in [1.82, 2.24) is 0 Å². The summed E-state index contributed by atoms with van der Waals surface area (Å²) in [6.45, 7) is 0. The Balaban J connectivity index is 3.50. The molecule has 0 saturated heterocycles. The standard InChI is InChI=1S/C6H2Br2FNO3/c7-2-1-3(10(12)13)6(11)4(8)5(2)9/h1,11H. The maximum Gasteiger partial charge on any atom is 0.313 e. The molecule has 0 atom stereocenters. The number of phenols is 1. The van der Waals surface area contributed by atoms with Crippen molar-refractivity contribution in [2.24, 2.45) is 0 Å². The Bertz CT molecular complexity index is 383. The van der Waals surface area contributed by atoms with Gasteiger partial charge < -0.3 is 5.11 Å². The Morgan fingerprint density at radius 3 is 2.54 bits per heavy atom. The lowest BCUT2D eigenvalue weighted by atomic mass is 10.3. The molecule has 1 rings (SSSR count). The van der Waals surface area contributed by atoms with E-state index >= 15 is 0 Å². The second-order valence-corrected chi connectivity index (χ2v) is 3.76. The van der Waals surface area contributed by atoms with E-state index < -0.39 is 22.2 Å². The van der Waals surface area contributed by atoms with Gasteiger partial charge in [0.1, 0.15) is 4.47 Å². The second kappa shape index (κ2) is 3.59. The Hall–Kier alpha value is -0.690. The molecule has 0 spiro atoms. The van der Waals surface area contributed by atoms with E-state index in [1.165, 1.54) is 0 Å². The molecule has 0 radical (unpaired) electrons. The zero-order valence-corrected chi connectivity index (χ0v) is 9.09. The van der Waals surface area contributed by atoms with Crippen LogP contribution in [0.2, 0.25) is 0 Å². The molecule has 7 heteroatoms. The van der Waals surface area contributed by atoms with Gasteiger partial charge in [-0.05, 0) is 31.9 Å². The van der Waals surface area contributed by atoms with Crippen LogP contribution in [-0.4, -0.2) is 10.0 Å². The van der Waals surface area contributed by atoms with Crippen LogP contribution in [0.1, 0.15) is 0 Å². The number of halogens is 3. The quantitative estimate of drug-likeness (QED) is 0.492. The largest absolute Gasteiger partial charge is 0.501 e. The summed E-state index contributed by atoms with van der Waals surface area (Å²) >= 11 is 5.47. The van der Waals surface area contributed by atoms with Crippen LogP contribution in [0.5, 0.6) is 5.75 Å². The topological polar surface area (TPSA) is 63.4 Å². The van der Waals surface area contributed by atoms with E-state index in [4.69, 9.17) is 5.11 Å². The smallest absolute Gasteiger partial charge is 0.313 e. The van der Waals surface area contributed by atoms with Crippen LogP contribution in [0.4, 0.5) is 10.1 Å². The third kappa shape index (κ3) is 1.80. The molecule has 0 unspecified atom stereocenters. The minimum absolute atomic E-state index is 0.0797. The van der Waals surface area contributed by atoms with Crippen molar-refractivity contribution in [3.8, 4) is 5.75 Å². The van der Waals surface area contributed by atoms with E-state index in [0.717, 1.165) is 6.07 Å². The highest BCUT2D eigenvalue weighted by Gasteiger charge is 2.21. The molecular weight excluding hydrogens is 313 g/mol. The van der Waals surface area contributed by atoms with E-state index in [0.29, 0.717) is 0 Å². The van der Waals surface area contributed by atoms with Crippen molar-refractivity contribution in [3.05, 3.63) is 30.9 Å². The first-order chi connectivity index (χ1) is 5.95. The lowest BCUT2D eigenvalue weighted by molar-refractivity contribution is -0.386. The Kier molecular flexibility index (Phi) is 2.87. The Labute approximate surface area is 88.8 Å². The molecule has 0 aliphatic heterocycles. The third-order valence-corrected chi connectivity index (χ3v) is 2.61. The molecule has 4 nitrogen and oxygen atoms in total. The second-order valence-electron chi connectivity index (χ2n) is 2.11. The van der Waals surface area contributed by atoms with Crippen LogP contribution in [0.15, 0.2) is 15.0 Å². The predicted octanol–water partition coefficient (Wildman–Crippen LogP) is 2.96. The zero-order chi connectivity index (χ0) is 10.2. The predicted molar refractivity (Wildman–Crippen MR) is 50.1 cm³/mol. The Morgan fingerprint density at radius 1 is 1.54 bits per heavy atom. The van der Waals surface area contributed by atoms with Crippen molar-refractivity contribution in [3.63, 3.8) is 0 Å². The van der Waals surface area contributed by atoms with Gasteiger partial charge in [0.2, 0.25) is 5.75 Å². The van der Waals surface area contributed by atoms with Gasteiger partial charge in [-0.2, -0.15) is 0 Å². The van der Waals surface area contributed by atoms with E-state index in [2.05, 4.69) is 31.9 Å². The lowest BCUT2D eigenvalue weighted by Gasteiger charge is -2.01. The van der Waals surface area contributed by atoms with Crippen LogP contribution in [0.25, 0.3) is 0 Å². The summed E-state index contributed by atoms with van der Waals surface area (Å²) in [5.74, 6) is -1.49.